The van der Waals surface area contributed by atoms with Crippen LogP contribution in [0.4, 0.5) is 8.78 Å². The van der Waals surface area contributed by atoms with E-state index in [-0.39, 0.29) is 12.5 Å². The van der Waals surface area contributed by atoms with E-state index in [1.807, 2.05) is 6.92 Å². The Morgan fingerprint density at radius 2 is 2.06 bits per heavy atom. The largest absolute Gasteiger partial charge is 0.390 e. The summed E-state index contributed by atoms with van der Waals surface area (Å²) in [6.07, 6.45) is 0.622. The smallest absolute Gasteiger partial charge is 0.129 e. The molecule has 0 radical (unpaired) electrons. The number of hydrogen-bond acceptors (Lipinski definition) is 2. The van der Waals surface area contributed by atoms with E-state index in [0.717, 1.165) is 12.5 Å². The third-order valence-corrected chi connectivity index (χ3v) is 2.75. The molecule has 0 aliphatic carbocycles. The van der Waals surface area contributed by atoms with Gasteiger partial charge in [-0.3, -0.25) is 0 Å². The van der Waals surface area contributed by atoms with Crippen LogP contribution in [0.3, 0.4) is 0 Å². The van der Waals surface area contributed by atoms with E-state index in [1.54, 1.807) is 0 Å². The number of ether oxygens (including phenoxy) is 1. The summed E-state index contributed by atoms with van der Waals surface area (Å²) < 4.78 is 31.2. The molecule has 1 rings (SSSR count). The van der Waals surface area contributed by atoms with Gasteiger partial charge in [0.1, 0.15) is 11.6 Å². The second kappa shape index (κ2) is 6.67. The molecule has 1 aromatic carbocycles. The van der Waals surface area contributed by atoms with Crippen molar-refractivity contribution >= 4 is 0 Å². The first kappa shape index (κ1) is 14.1. The lowest BCUT2D eigenvalue weighted by molar-refractivity contribution is -0.0162. The van der Waals surface area contributed by atoms with Crippen LogP contribution < -0.4 is 0 Å². The number of rotatable bonds is 6. The number of halogens is 2. The summed E-state index contributed by atoms with van der Waals surface area (Å²) in [5.41, 5.74) is 0.303. The average Bonchev–Trinajstić information content (AvgIpc) is 2.29. The fourth-order valence-electron chi connectivity index (χ4n) is 1.80. The fourth-order valence-corrected chi connectivity index (χ4v) is 1.80. The summed E-state index contributed by atoms with van der Waals surface area (Å²) in [4.78, 5) is 0. The number of benzene rings is 1. The van der Waals surface area contributed by atoms with Crippen LogP contribution in [-0.2, 0) is 11.2 Å². The summed E-state index contributed by atoms with van der Waals surface area (Å²) in [5.74, 6) is -1.24. The van der Waals surface area contributed by atoms with E-state index in [9.17, 15) is 13.9 Å². The molecule has 2 unspecified atom stereocenters. The molecule has 96 valence electrons. The van der Waals surface area contributed by atoms with Gasteiger partial charge in [-0.2, -0.15) is 0 Å². The molecular weight excluding hydrogens is 226 g/mol. The van der Waals surface area contributed by atoms with E-state index >= 15 is 0 Å². The summed E-state index contributed by atoms with van der Waals surface area (Å²) in [7, 11) is 1.52. The van der Waals surface area contributed by atoms with Crippen molar-refractivity contribution in [1.82, 2.24) is 0 Å². The van der Waals surface area contributed by atoms with Crippen LogP contribution in [0.2, 0.25) is 0 Å². The highest BCUT2D eigenvalue weighted by Crippen LogP contribution is 2.16. The van der Waals surface area contributed by atoms with Gasteiger partial charge in [0, 0.05) is 19.6 Å². The predicted octanol–water partition coefficient (Wildman–Crippen LogP) is 2.68. The number of aliphatic hydroxyl groups excluding tert-OH is 1. The summed E-state index contributed by atoms with van der Waals surface area (Å²) >= 11 is 0. The molecule has 0 amide bonds. The Kier molecular flexibility index (Phi) is 5.51. The second-order valence-corrected chi connectivity index (χ2v) is 4.07. The molecule has 1 N–H and O–H groups in total. The van der Waals surface area contributed by atoms with Crippen molar-refractivity contribution in [3.63, 3.8) is 0 Å². The van der Waals surface area contributed by atoms with Crippen LogP contribution in [0.5, 0.6) is 0 Å². The quantitative estimate of drug-likeness (QED) is 0.833. The lowest BCUT2D eigenvalue weighted by atomic mass is 10.0. The van der Waals surface area contributed by atoms with Crippen molar-refractivity contribution in [2.45, 2.75) is 38.4 Å². The lowest BCUT2D eigenvalue weighted by Gasteiger charge is -2.21. The lowest BCUT2D eigenvalue weighted by Crippen LogP contribution is -2.30. The summed E-state index contributed by atoms with van der Waals surface area (Å²) in [6.45, 7) is 1.98. The normalized spacial score (nSPS) is 14.6. The standard InChI is InChI=1S/C13H18F2O2/c1-3-4-13(17-2)12(16)7-9-5-6-10(14)8-11(9)15/h5-6,8,12-13,16H,3-4,7H2,1-2H3. The van der Waals surface area contributed by atoms with E-state index < -0.39 is 17.7 Å². The van der Waals surface area contributed by atoms with Gasteiger partial charge in [0.25, 0.3) is 0 Å². The van der Waals surface area contributed by atoms with Crippen molar-refractivity contribution in [2.24, 2.45) is 0 Å². The molecule has 0 heterocycles. The van der Waals surface area contributed by atoms with Gasteiger partial charge in [0.05, 0.1) is 12.2 Å². The first-order valence-corrected chi connectivity index (χ1v) is 5.73. The van der Waals surface area contributed by atoms with Crippen molar-refractivity contribution in [2.75, 3.05) is 7.11 Å². The predicted molar refractivity (Wildman–Crippen MR) is 61.8 cm³/mol. The van der Waals surface area contributed by atoms with Gasteiger partial charge in [-0.1, -0.05) is 19.4 Å². The Labute approximate surface area is 100 Å². The van der Waals surface area contributed by atoms with Crippen LogP contribution >= 0.6 is 0 Å². The monoisotopic (exact) mass is 244 g/mol. The third kappa shape index (κ3) is 4.06. The van der Waals surface area contributed by atoms with Crippen molar-refractivity contribution in [1.29, 1.82) is 0 Å². The highest BCUT2D eigenvalue weighted by Gasteiger charge is 2.19. The van der Waals surface area contributed by atoms with Gasteiger partial charge in [0.15, 0.2) is 0 Å². The van der Waals surface area contributed by atoms with Crippen molar-refractivity contribution in [3.8, 4) is 0 Å². The Morgan fingerprint density at radius 3 is 2.59 bits per heavy atom. The third-order valence-electron chi connectivity index (χ3n) is 2.75. The highest BCUT2D eigenvalue weighted by atomic mass is 19.1. The molecule has 2 nitrogen and oxygen atoms in total. The zero-order valence-electron chi connectivity index (χ0n) is 10.1. The van der Waals surface area contributed by atoms with Gasteiger partial charge in [0.2, 0.25) is 0 Å². The fraction of sp³-hybridized carbons (Fsp3) is 0.538. The molecule has 0 aliphatic heterocycles. The molecule has 4 heteroatoms. The molecule has 0 aromatic heterocycles. The molecule has 0 saturated heterocycles. The molecule has 0 spiro atoms. The van der Waals surface area contributed by atoms with Gasteiger partial charge in [-0.05, 0) is 18.1 Å². The summed E-state index contributed by atoms with van der Waals surface area (Å²) in [6, 6.07) is 3.36. The van der Waals surface area contributed by atoms with Crippen molar-refractivity contribution < 1.29 is 18.6 Å². The van der Waals surface area contributed by atoms with Crippen LogP contribution in [0, 0.1) is 11.6 Å². The van der Waals surface area contributed by atoms with Gasteiger partial charge in [-0.15, -0.1) is 0 Å². The maximum absolute atomic E-state index is 13.4. The molecule has 1 aromatic rings. The number of methoxy groups -OCH3 is 1. The van der Waals surface area contributed by atoms with Gasteiger partial charge in [-0.25, -0.2) is 8.78 Å². The Bertz CT molecular complexity index is 355. The topological polar surface area (TPSA) is 29.5 Å². The van der Waals surface area contributed by atoms with Gasteiger partial charge >= 0.3 is 0 Å². The maximum Gasteiger partial charge on any atom is 0.129 e. The van der Waals surface area contributed by atoms with Crippen LogP contribution in [0.1, 0.15) is 25.3 Å². The molecule has 0 bridgehead atoms. The maximum atomic E-state index is 13.4. The second-order valence-electron chi connectivity index (χ2n) is 4.07. The van der Waals surface area contributed by atoms with Gasteiger partial charge < -0.3 is 9.84 Å². The molecule has 17 heavy (non-hydrogen) atoms. The number of aliphatic hydroxyl groups is 1. The minimum absolute atomic E-state index is 0.130. The van der Waals surface area contributed by atoms with Crippen LogP contribution in [0.15, 0.2) is 18.2 Å². The zero-order valence-corrected chi connectivity index (χ0v) is 10.1. The molecular formula is C13H18F2O2. The summed E-state index contributed by atoms with van der Waals surface area (Å²) in [5, 5.41) is 9.90. The average molecular weight is 244 g/mol. The Balaban J connectivity index is 2.69. The Morgan fingerprint density at radius 1 is 1.35 bits per heavy atom. The van der Waals surface area contributed by atoms with E-state index in [2.05, 4.69) is 0 Å². The number of hydrogen-bond donors (Lipinski definition) is 1. The molecule has 2 atom stereocenters. The van der Waals surface area contributed by atoms with E-state index in [0.29, 0.717) is 12.0 Å². The van der Waals surface area contributed by atoms with Crippen molar-refractivity contribution in [3.05, 3.63) is 35.4 Å². The molecule has 0 saturated carbocycles. The van der Waals surface area contributed by atoms with Crippen LogP contribution in [-0.4, -0.2) is 24.4 Å². The molecule has 0 fully saturated rings. The minimum Gasteiger partial charge on any atom is -0.390 e. The Hall–Kier alpha value is -1.00. The SMILES string of the molecule is CCCC(OC)C(O)Cc1ccc(F)cc1F. The van der Waals surface area contributed by atoms with Crippen LogP contribution in [0.25, 0.3) is 0 Å². The van der Waals surface area contributed by atoms with E-state index in [1.165, 1.54) is 19.2 Å². The zero-order chi connectivity index (χ0) is 12.8. The highest BCUT2D eigenvalue weighted by molar-refractivity contribution is 5.19. The first-order valence-electron chi connectivity index (χ1n) is 5.73. The van der Waals surface area contributed by atoms with E-state index in [4.69, 9.17) is 4.74 Å². The minimum atomic E-state index is -0.778. The molecule has 0 aliphatic rings. The first-order chi connectivity index (χ1) is 8.08.